The van der Waals surface area contributed by atoms with E-state index in [0.717, 1.165) is 51.4 Å². The fraction of sp³-hybridized carbons (Fsp3) is 0.571. The van der Waals surface area contributed by atoms with Crippen molar-refractivity contribution >= 4 is 35.4 Å². The standard InChI is InChI=1S/C42H58O10/c1-7-13-15-17-19-21-35(43)31-23-25-37(49-39(45)29(9-3)10-4)33(27-31)41(47)51-52-42(48)34-28-32(36(44)22-20-18-16-14-8-2)24-26-38(34)50-40(46)30(11-5)12-6/h23-30H,7-22H2,1-6H3. The van der Waals surface area contributed by atoms with Gasteiger partial charge in [-0.05, 0) is 74.9 Å². The van der Waals surface area contributed by atoms with Gasteiger partial charge in [0.25, 0.3) is 0 Å². The summed E-state index contributed by atoms with van der Waals surface area (Å²) in [6, 6.07) is 8.22. The average molecular weight is 723 g/mol. The van der Waals surface area contributed by atoms with E-state index in [2.05, 4.69) is 13.8 Å². The molecule has 0 N–H and O–H groups in total. The average Bonchev–Trinajstić information content (AvgIpc) is 3.14. The topological polar surface area (TPSA) is 139 Å². The molecule has 0 aliphatic carbocycles. The number of rotatable bonds is 24. The van der Waals surface area contributed by atoms with Gasteiger partial charge in [0.15, 0.2) is 11.6 Å². The minimum atomic E-state index is -1.19. The summed E-state index contributed by atoms with van der Waals surface area (Å²) in [5.41, 5.74) is -0.132. The number of benzene rings is 2. The molecular formula is C42H58O10. The van der Waals surface area contributed by atoms with Crippen molar-refractivity contribution in [3.8, 4) is 11.5 Å². The van der Waals surface area contributed by atoms with E-state index in [1.54, 1.807) is 0 Å². The van der Waals surface area contributed by atoms with Crippen LogP contribution in [0.2, 0.25) is 0 Å². The lowest BCUT2D eigenvalue weighted by atomic mass is 10.0. The first-order valence-electron chi connectivity index (χ1n) is 19.3. The van der Waals surface area contributed by atoms with Crippen LogP contribution in [0.5, 0.6) is 11.5 Å². The minimum absolute atomic E-state index is 0.149. The highest BCUT2D eigenvalue weighted by Gasteiger charge is 2.27. The third-order valence-electron chi connectivity index (χ3n) is 9.31. The third-order valence-corrected chi connectivity index (χ3v) is 9.31. The van der Waals surface area contributed by atoms with Crippen molar-refractivity contribution in [1.82, 2.24) is 0 Å². The number of Topliss-reactive ketones (excluding diaryl/α,β-unsaturated/α-hetero) is 2. The Bertz CT molecular complexity index is 1370. The van der Waals surface area contributed by atoms with Crippen LogP contribution in [0.3, 0.4) is 0 Å². The zero-order valence-electron chi connectivity index (χ0n) is 32.0. The van der Waals surface area contributed by atoms with E-state index in [1.807, 2.05) is 27.7 Å². The van der Waals surface area contributed by atoms with Crippen LogP contribution >= 0.6 is 0 Å². The molecule has 0 fully saturated rings. The Morgan fingerprint density at radius 3 is 1.15 bits per heavy atom. The predicted molar refractivity (Wildman–Crippen MR) is 199 cm³/mol. The summed E-state index contributed by atoms with van der Waals surface area (Å²) < 4.78 is 11.2. The molecule has 0 heterocycles. The van der Waals surface area contributed by atoms with E-state index in [0.29, 0.717) is 38.5 Å². The van der Waals surface area contributed by atoms with E-state index >= 15 is 0 Å². The molecule has 0 bridgehead atoms. The van der Waals surface area contributed by atoms with E-state index in [1.165, 1.54) is 36.4 Å². The molecule has 286 valence electrons. The number of carbonyl (C=O) groups excluding carboxylic acids is 6. The van der Waals surface area contributed by atoms with Gasteiger partial charge in [0.1, 0.15) is 22.6 Å². The summed E-state index contributed by atoms with van der Waals surface area (Å²) >= 11 is 0. The van der Waals surface area contributed by atoms with Crippen molar-refractivity contribution in [2.24, 2.45) is 11.8 Å². The predicted octanol–water partition coefficient (Wildman–Crippen LogP) is 10.4. The van der Waals surface area contributed by atoms with Crippen molar-refractivity contribution in [3.05, 3.63) is 58.7 Å². The molecule has 0 aromatic heterocycles. The van der Waals surface area contributed by atoms with E-state index in [9.17, 15) is 28.8 Å². The molecule has 0 unspecified atom stereocenters. The van der Waals surface area contributed by atoms with Gasteiger partial charge < -0.3 is 9.47 Å². The Morgan fingerprint density at radius 1 is 0.481 bits per heavy atom. The maximum atomic E-state index is 13.5. The second kappa shape index (κ2) is 24.0. The van der Waals surface area contributed by atoms with Crippen LogP contribution in [0.15, 0.2) is 36.4 Å². The number of ether oxygens (including phenoxy) is 2. The third kappa shape index (κ3) is 14.0. The van der Waals surface area contributed by atoms with Crippen LogP contribution in [0.1, 0.15) is 186 Å². The summed E-state index contributed by atoms with van der Waals surface area (Å²) in [7, 11) is 0. The Balaban J connectivity index is 2.37. The van der Waals surface area contributed by atoms with Crippen LogP contribution in [-0.2, 0) is 19.4 Å². The minimum Gasteiger partial charge on any atom is -0.425 e. The maximum Gasteiger partial charge on any atom is 0.390 e. The highest BCUT2D eigenvalue weighted by molar-refractivity contribution is 6.02. The molecule has 0 aliphatic heterocycles. The molecule has 0 saturated heterocycles. The monoisotopic (exact) mass is 722 g/mol. The van der Waals surface area contributed by atoms with Crippen molar-refractivity contribution in [3.63, 3.8) is 0 Å². The normalized spacial score (nSPS) is 11.0. The largest absolute Gasteiger partial charge is 0.425 e. The van der Waals surface area contributed by atoms with Crippen molar-refractivity contribution in [1.29, 1.82) is 0 Å². The molecule has 2 aromatic rings. The molecule has 0 amide bonds. The van der Waals surface area contributed by atoms with Crippen molar-refractivity contribution in [2.45, 2.75) is 144 Å². The fourth-order valence-electron chi connectivity index (χ4n) is 5.76. The van der Waals surface area contributed by atoms with Gasteiger partial charge in [-0.1, -0.05) is 92.9 Å². The fourth-order valence-corrected chi connectivity index (χ4v) is 5.76. The molecule has 0 radical (unpaired) electrons. The van der Waals surface area contributed by atoms with Gasteiger partial charge in [0, 0.05) is 24.0 Å². The lowest BCUT2D eigenvalue weighted by Crippen LogP contribution is -2.22. The van der Waals surface area contributed by atoms with Crippen LogP contribution in [0, 0.1) is 11.8 Å². The second-order valence-electron chi connectivity index (χ2n) is 13.2. The molecular weight excluding hydrogens is 664 g/mol. The maximum absolute atomic E-state index is 13.5. The molecule has 52 heavy (non-hydrogen) atoms. The first-order chi connectivity index (χ1) is 25.0. The van der Waals surface area contributed by atoms with Crippen LogP contribution in [-0.4, -0.2) is 35.4 Å². The van der Waals surface area contributed by atoms with Crippen molar-refractivity contribution < 1.29 is 48.0 Å². The van der Waals surface area contributed by atoms with Gasteiger partial charge in [0.05, 0.1) is 11.8 Å². The Morgan fingerprint density at radius 2 is 0.827 bits per heavy atom. The first-order valence-corrected chi connectivity index (χ1v) is 19.3. The molecule has 10 heteroatoms. The number of carbonyl (C=O) groups is 6. The lowest BCUT2D eigenvalue weighted by Gasteiger charge is -2.15. The van der Waals surface area contributed by atoms with E-state index < -0.39 is 35.7 Å². The van der Waals surface area contributed by atoms with Gasteiger partial charge in [-0.15, -0.1) is 0 Å². The van der Waals surface area contributed by atoms with Gasteiger partial charge in [-0.2, -0.15) is 0 Å². The molecule has 2 aromatic carbocycles. The number of unbranched alkanes of at least 4 members (excludes halogenated alkanes) is 8. The molecule has 0 atom stereocenters. The Labute approximate surface area is 309 Å². The number of esters is 2. The van der Waals surface area contributed by atoms with Gasteiger partial charge in [0.2, 0.25) is 0 Å². The van der Waals surface area contributed by atoms with E-state index in [-0.39, 0.29) is 58.2 Å². The van der Waals surface area contributed by atoms with Gasteiger partial charge >= 0.3 is 23.9 Å². The highest BCUT2D eigenvalue weighted by atomic mass is 17.2. The number of ketones is 2. The zero-order valence-corrected chi connectivity index (χ0v) is 32.0. The molecule has 0 aliphatic rings. The summed E-state index contributed by atoms with van der Waals surface area (Å²) in [6.07, 6.45) is 12.2. The second-order valence-corrected chi connectivity index (χ2v) is 13.2. The van der Waals surface area contributed by atoms with E-state index in [4.69, 9.17) is 19.2 Å². The highest BCUT2D eigenvalue weighted by Crippen LogP contribution is 2.28. The molecule has 10 nitrogen and oxygen atoms in total. The quantitative estimate of drug-likeness (QED) is 0.0257. The smallest absolute Gasteiger partial charge is 0.390 e. The Kier molecular flexibility index (Phi) is 20.2. The zero-order chi connectivity index (χ0) is 38.5. The van der Waals surface area contributed by atoms with Gasteiger partial charge in [-0.25, -0.2) is 19.4 Å². The molecule has 2 rings (SSSR count). The number of hydrogen-bond acceptors (Lipinski definition) is 10. The van der Waals surface area contributed by atoms with Gasteiger partial charge in [-0.3, -0.25) is 19.2 Å². The number of hydrogen-bond donors (Lipinski definition) is 0. The summed E-state index contributed by atoms with van der Waals surface area (Å²) in [5, 5.41) is 0. The first kappa shape index (κ1) is 43.8. The van der Waals surface area contributed by atoms with Crippen LogP contribution < -0.4 is 9.47 Å². The van der Waals surface area contributed by atoms with Crippen LogP contribution in [0.25, 0.3) is 0 Å². The molecule has 0 spiro atoms. The summed E-state index contributed by atoms with van der Waals surface area (Å²) in [4.78, 5) is 88.7. The summed E-state index contributed by atoms with van der Waals surface area (Å²) in [6.45, 7) is 11.6. The Hall–Kier alpha value is -4.34. The lowest BCUT2D eigenvalue weighted by molar-refractivity contribution is -0.187. The SMILES string of the molecule is CCCCCCCC(=O)c1ccc(OC(=O)C(CC)CC)c(C(=O)OOC(=O)c2cc(C(=O)CCCCCCC)ccc2OC(=O)C(CC)CC)c1. The van der Waals surface area contributed by atoms with Crippen LogP contribution in [0.4, 0.5) is 0 Å². The summed E-state index contributed by atoms with van der Waals surface area (Å²) in [5.74, 6) is -5.01. The van der Waals surface area contributed by atoms with Crippen molar-refractivity contribution in [2.75, 3.05) is 0 Å². The molecule has 0 saturated carbocycles.